The van der Waals surface area contributed by atoms with Crippen LogP contribution in [-0.4, -0.2) is 17.4 Å². The molecule has 0 aliphatic carbocycles. The zero-order valence-electron chi connectivity index (χ0n) is 11.3. The van der Waals surface area contributed by atoms with E-state index in [-0.39, 0.29) is 6.42 Å². The SMILES string of the molecule is O=CCC(C(=O)O)c1cccc2c1ccc1ccccc12. The minimum Gasteiger partial charge on any atom is -0.481 e. The lowest BCUT2D eigenvalue weighted by Gasteiger charge is -2.14. The summed E-state index contributed by atoms with van der Waals surface area (Å²) < 4.78 is 0. The predicted molar refractivity (Wildman–Crippen MR) is 82.5 cm³/mol. The van der Waals surface area contributed by atoms with Crippen LogP contribution in [0.3, 0.4) is 0 Å². The quantitative estimate of drug-likeness (QED) is 0.584. The van der Waals surface area contributed by atoms with E-state index < -0.39 is 11.9 Å². The fraction of sp³-hybridized carbons (Fsp3) is 0.111. The van der Waals surface area contributed by atoms with Crippen molar-refractivity contribution < 1.29 is 14.7 Å². The highest BCUT2D eigenvalue weighted by Gasteiger charge is 2.21. The monoisotopic (exact) mass is 278 g/mol. The smallest absolute Gasteiger partial charge is 0.311 e. The van der Waals surface area contributed by atoms with Crippen molar-refractivity contribution in [3.63, 3.8) is 0 Å². The van der Waals surface area contributed by atoms with E-state index in [9.17, 15) is 14.7 Å². The van der Waals surface area contributed by atoms with E-state index in [4.69, 9.17) is 0 Å². The van der Waals surface area contributed by atoms with Crippen LogP contribution in [0.4, 0.5) is 0 Å². The highest BCUT2D eigenvalue weighted by atomic mass is 16.4. The first-order chi connectivity index (χ1) is 10.2. The van der Waals surface area contributed by atoms with Gasteiger partial charge in [0.05, 0.1) is 5.92 Å². The van der Waals surface area contributed by atoms with Crippen LogP contribution in [0.25, 0.3) is 21.5 Å². The van der Waals surface area contributed by atoms with Gasteiger partial charge < -0.3 is 9.90 Å². The summed E-state index contributed by atoms with van der Waals surface area (Å²) in [5.41, 5.74) is 0.692. The number of carboxylic acids is 1. The van der Waals surface area contributed by atoms with Crippen LogP contribution in [0.2, 0.25) is 0 Å². The van der Waals surface area contributed by atoms with Gasteiger partial charge in [0.2, 0.25) is 0 Å². The van der Waals surface area contributed by atoms with Gasteiger partial charge in [-0.25, -0.2) is 0 Å². The van der Waals surface area contributed by atoms with Crippen molar-refractivity contribution in [2.45, 2.75) is 12.3 Å². The van der Waals surface area contributed by atoms with Crippen LogP contribution < -0.4 is 0 Å². The van der Waals surface area contributed by atoms with Gasteiger partial charge in [-0.15, -0.1) is 0 Å². The Morgan fingerprint density at radius 3 is 2.48 bits per heavy atom. The second kappa shape index (κ2) is 5.37. The van der Waals surface area contributed by atoms with E-state index in [2.05, 4.69) is 0 Å². The lowest BCUT2D eigenvalue weighted by molar-refractivity contribution is -0.139. The molecule has 0 aromatic heterocycles. The van der Waals surface area contributed by atoms with Crippen LogP contribution >= 0.6 is 0 Å². The third-order valence-electron chi connectivity index (χ3n) is 3.83. The van der Waals surface area contributed by atoms with Gasteiger partial charge in [0.15, 0.2) is 0 Å². The van der Waals surface area contributed by atoms with Gasteiger partial charge in [-0.1, -0.05) is 54.6 Å². The van der Waals surface area contributed by atoms with Gasteiger partial charge in [0, 0.05) is 6.42 Å². The Morgan fingerprint density at radius 2 is 1.71 bits per heavy atom. The van der Waals surface area contributed by atoms with Crippen molar-refractivity contribution in [3.05, 3.63) is 60.2 Å². The molecule has 3 aromatic carbocycles. The summed E-state index contributed by atoms with van der Waals surface area (Å²) in [4.78, 5) is 22.2. The Hall–Kier alpha value is -2.68. The average Bonchev–Trinajstić information content (AvgIpc) is 2.51. The summed E-state index contributed by atoms with van der Waals surface area (Å²) in [5.74, 6) is -1.77. The predicted octanol–water partition coefficient (Wildman–Crippen LogP) is 3.75. The maximum absolute atomic E-state index is 11.4. The summed E-state index contributed by atoms with van der Waals surface area (Å²) in [7, 11) is 0. The summed E-state index contributed by atoms with van der Waals surface area (Å²) in [6.45, 7) is 0. The van der Waals surface area contributed by atoms with Crippen molar-refractivity contribution in [3.8, 4) is 0 Å². The zero-order valence-corrected chi connectivity index (χ0v) is 11.3. The molecule has 1 N–H and O–H groups in total. The summed E-state index contributed by atoms with van der Waals surface area (Å²) in [5, 5.41) is 13.5. The largest absolute Gasteiger partial charge is 0.481 e. The zero-order chi connectivity index (χ0) is 14.8. The molecule has 0 amide bonds. The van der Waals surface area contributed by atoms with Gasteiger partial charge in [0.1, 0.15) is 6.29 Å². The molecule has 0 aliphatic rings. The second-order valence-electron chi connectivity index (χ2n) is 5.02. The van der Waals surface area contributed by atoms with Crippen LogP contribution in [0.15, 0.2) is 54.6 Å². The molecule has 0 saturated carbocycles. The van der Waals surface area contributed by atoms with E-state index in [1.165, 1.54) is 0 Å². The molecule has 0 heterocycles. The second-order valence-corrected chi connectivity index (χ2v) is 5.02. The average molecular weight is 278 g/mol. The van der Waals surface area contributed by atoms with Gasteiger partial charge in [-0.2, -0.15) is 0 Å². The third-order valence-corrected chi connectivity index (χ3v) is 3.83. The topological polar surface area (TPSA) is 54.4 Å². The van der Waals surface area contributed by atoms with Crippen molar-refractivity contribution in [2.75, 3.05) is 0 Å². The standard InChI is InChI=1S/C18H14O3/c19-11-10-17(18(20)21)15-7-3-6-14-13-5-2-1-4-12(13)8-9-16(14)15/h1-9,11,17H,10H2,(H,20,21). The van der Waals surface area contributed by atoms with Crippen LogP contribution in [0.1, 0.15) is 17.9 Å². The fourth-order valence-electron chi connectivity index (χ4n) is 2.83. The number of hydrogen-bond donors (Lipinski definition) is 1. The molecule has 0 spiro atoms. The van der Waals surface area contributed by atoms with E-state index >= 15 is 0 Å². The molecule has 104 valence electrons. The highest BCUT2D eigenvalue weighted by Crippen LogP contribution is 2.32. The molecule has 0 fully saturated rings. The highest BCUT2D eigenvalue weighted by molar-refractivity contribution is 6.09. The van der Waals surface area contributed by atoms with Crippen LogP contribution in [-0.2, 0) is 9.59 Å². The lowest BCUT2D eigenvalue weighted by Crippen LogP contribution is -2.12. The Labute approximate surface area is 121 Å². The molecule has 1 unspecified atom stereocenters. The van der Waals surface area contributed by atoms with Gasteiger partial charge in [0.25, 0.3) is 0 Å². The van der Waals surface area contributed by atoms with Gasteiger partial charge in [-0.3, -0.25) is 4.79 Å². The number of carboxylic acid groups (broad SMARTS) is 1. The normalized spacial score (nSPS) is 12.4. The Morgan fingerprint density at radius 1 is 0.952 bits per heavy atom. The maximum Gasteiger partial charge on any atom is 0.311 e. The van der Waals surface area contributed by atoms with E-state index in [1.54, 1.807) is 6.07 Å². The third kappa shape index (κ3) is 2.27. The molecule has 21 heavy (non-hydrogen) atoms. The number of hydrogen-bond acceptors (Lipinski definition) is 2. The number of fused-ring (bicyclic) bond motifs is 3. The van der Waals surface area contributed by atoms with Crippen LogP contribution in [0, 0.1) is 0 Å². The summed E-state index contributed by atoms with van der Waals surface area (Å²) >= 11 is 0. The minimum absolute atomic E-state index is 0.0126. The Balaban J connectivity index is 2.31. The van der Waals surface area contributed by atoms with Crippen molar-refractivity contribution >= 4 is 33.8 Å². The maximum atomic E-state index is 11.4. The first kappa shape index (κ1) is 13.3. The summed E-state index contributed by atoms with van der Waals surface area (Å²) in [6, 6.07) is 17.6. The van der Waals surface area contributed by atoms with Crippen LogP contribution in [0.5, 0.6) is 0 Å². The molecular weight excluding hydrogens is 264 g/mol. The first-order valence-electron chi connectivity index (χ1n) is 6.79. The molecular formula is C18H14O3. The molecule has 1 atom stereocenters. The number of aldehydes is 1. The minimum atomic E-state index is -0.970. The molecule has 3 nitrogen and oxygen atoms in total. The van der Waals surface area contributed by atoms with E-state index in [0.717, 1.165) is 21.5 Å². The van der Waals surface area contributed by atoms with E-state index in [1.807, 2.05) is 48.5 Å². The lowest BCUT2D eigenvalue weighted by atomic mass is 9.90. The number of rotatable bonds is 4. The molecule has 3 heteroatoms. The number of carbonyl (C=O) groups excluding carboxylic acids is 1. The molecule has 0 bridgehead atoms. The molecule has 0 radical (unpaired) electrons. The number of benzene rings is 3. The number of carbonyl (C=O) groups is 2. The molecule has 3 rings (SSSR count). The molecule has 3 aromatic rings. The van der Waals surface area contributed by atoms with Crippen molar-refractivity contribution in [1.82, 2.24) is 0 Å². The Kier molecular flexibility index (Phi) is 3.40. The number of aliphatic carboxylic acids is 1. The first-order valence-corrected chi connectivity index (χ1v) is 6.79. The Bertz CT molecular complexity index is 836. The molecule has 0 aliphatic heterocycles. The van der Waals surface area contributed by atoms with Gasteiger partial charge in [-0.05, 0) is 27.1 Å². The van der Waals surface area contributed by atoms with Crippen molar-refractivity contribution in [2.24, 2.45) is 0 Å². The summed E-state index contributed by atoms with van der Waals surface area (Å²) in [6.07, 6.45) is 0.653. The fourth-order valence-corrected chi connectivity index (χ4v) is 2.83. The van der Waals surface area contributed by atoms with E-state index in [0.29, 0.717) is 11.8 Å². The van der Waals surface area contributed by atoms with Crippen molar-refractivity contribution in [1.29, 1.82) is 0 Å². The molecule has 0 saturated heterocycles. The van der Waals surface area contributed by atoms with Gasteiger partial charge >= 0.3 is 5.97 Å².